The fraction of sp³-hybridized carbons (Fsp3) is 1.00. The number of hydrogen-bond donors (Lipinski definition) is 2. The molecule has 0 radical (unpaired) electrons. The second-order valence-electron chi connectivity index (χ2n) is 4.28. The SMILES string of the molecule is CCCNCCCCCCCC(C)N.[Li+].[NH2-]. The zero-order valence-corrected chi connectivity index (χ0v) is 11.6. The van der Waals surface area contributed by atoms with E-state index in [0.717, 1.165) is 0 Å². The Hall–Kier alpha value is 0.477. The van der Waals surface area contributed by atoms with Crippen molar-refractivity contribution in [1.29, 1.82) is 0 Å². The first-order chi connectivity index (χ1) is 6.77. The summed E-state index contributed by atoms with van der Waals surface area (Å²) in [4.78, 5) is 0. The molecule has 94 valence electrons. The van der Waals surface area contributed by atoms with E-state index >= 15 is 0 Å². The molecule has 0 aliphatic rings. The van der Waals surface area contributed by atoms with Crippen LogP contribution in [0.4, 0.5) is 0 Å². The maximum absolute atomic E-state index is 5.68. The van der Waals surface area contributed by atoms with E-state index in [0.29, 0.717) is 6.04 Å². The predicted octanol–water partition coefficient (Wildman–Crippen LogP) is 0.395. The fourth-order valence-corrected chi connectivity index (χ4v) is 1.55. The van der Waals surface area contributed by atoms with Crippen molar-refractivity contribution in [3.8, 4) is 0 Å². The maximum Gasteiger partial charge on any atom is 1.00 e. The minimum absolute atomic E-state index is 0. The topological polar surface area (TPSA) is 71.5 Å². The number of nitrogens with one attached hydrogen (secondary N) is 1. The van der Waals surface area contributed by atoms with E-state index in [1.807, 2.05) is 0 Å². The first-order valence-electron chi connectivity index (χ1n) is 6.23. The van der Waals surface area contributed by atoms with Crippen LogP contribution in [0, 0.1) is 0 Å². The summed E-state index contributed by atoms with van der Waals surface area (Å²) in [6.07, 6.45) is 9.17. The van der Waals surface area contributed by atoms with Gasteiger partial charge in [-0.2, -0.15) is 0 Å². The van der Waals surface area contributed by atoms with Gasteiger partial charge >= 0.3 is 18.9 Å². The molecular weight excluding hydrogens is 193 g/mol. The van der Waals surface area contributed by atoms with Gasteiger partial charge in [0.15, 0.2) is 0 Å². The molecule has 0 saturated carbocycles. The third-order valence-electron chi connectivity index (χ3n) is 2.44. The third-order valence-corrected chi connectivity index (χ3v) is 2.44. The van der Waals surface area contributed by atoms with Crippen LogP contribution < -0.4 is 29.9 Å². The fourth-order valence-electron chi connectivity index (χ4n) is 1.55. The van der Waals surface area contributed by atoms with Gasteiger partial charge in [-0.1, -0.05) is 32.6 Å². The molecule has 1 atom stereocenters. The van der Waals surface area contributed by atoms with E-state index in [1.165, 1.54) is 58.0 Å². The summed E-state index contributed by atoms with van der Waals surface area (Å²) in [7, 11) is 0. The molecular formula is C12H30LiN3. The summed E-state index contributed by atoms with van der Waals surface area (Å²) in [5.74, 6) is 0. The van der Waals surface area contributed by atoms with Crippen LogP contribution in [0.25, 0.3) is 6.15 Å². The minimum Gasteiger partial charge on any atom is -0.693 e. The molecule has 3 nitrogen and oxygen atoms in total. The standard InChI is InChI=1S/C12H28N2.Li.H2N/c1-3-10-14-11-8-6-4-5-7-9-12(2)13;;/h12,14H,3-11,13H2,1-2H3;;1H2/q;+1;-1. The van der Waals surface area contributed by atoms with Crippen LogP contribution in [0.2, 0.25) is 0 Å². The van der Waals surface area contributed by atoms with Crippen LogP contribution in [-0.2, 0) is 0 Å². The Balaban J connectivity index is -0.000000845. The van der Waals surface area contributed by atoms with Gasteiger partial charge in [0.2, 0.25) is 0 Å². The van der Waals surface area contributed by atoms with E-state index in [9.17, 15) is 0 Å². The molecule has 0 aliphatic carbocycles. The van der Waals surface area contributed by atoms with Gasteiger partial charge in [0.1, 0.15) is 0 Å². The van der Waals surface area contributed by atoms with Crippen molar-refractivity contribution in [2.75, 3.05) is 13.1 Å². The van der Waals surface area contributed by atoms with Gasteiger partial charge < -0.3 is 17.2 Å². The summed E-state index contributed by atoms with van der Waals surface area (Å²) in [6, 6.07) is 0.390. The molecule has 0 amide bonds. The van der Waals surface area contributed by atoms with E-state index in [4.69, 9.17) is 5.73 Å². The van der Waals surface area contributed by atoms with Crippen LogP contribution in [0.15, 0.2) is 0 Å². The summed E-state index contributed by atoms with van der Waals surface area (Å²) < 4.78 is 0. The van der Waals surface area contributed by atoms with Crippen molar-refractivity contribution in [3.63, 3.8) is 0 Å². The van der Waals surface area contributed by atoms with Crippen LogP contribution in [0.1, 0.15) is 58.8 Å². The van der Waals surface area contributed by atoms with E-state index in [1.54, 1.807) is 0 Å². The molecule has 0 saturated heterocycles. The van der Waals surface area contributed by atoms with Crippen molar-refractivity contribution in [1.82, 2.24) is 5.32 Å². The van der Waals surface area contributed by atoms with Gasteiger partial charge in [0, 0.05) is 6.04 Å². The van der Waals surface area contributed by atoms with Crippen LogP contribution >= 0.6 is 0 Å². The number of unbranched alkanes of at least 4 members (excludes halogenated alkanes) is 4. The first-order valence-corrected chi connectivity index (χ1v) is 6.23. The summed E-state index contributed by atoms with van der Waals surface area (Å²) in [5, 5.41) is 3.42. The normalized spacial score (nSPS) is 11.4. The zero-order valence-electron chi connectivity index (χ0n) is 11.6. The molecule has 0 aromatic heterocycles. The molecule has 1 unspecified atom stereocenters. The molecule has 16 heavy (non-hydrogen) atoms. The van der Waals surface area contributed by atoms with Crippen LogP contribution in [-0.4, -0.2) is 19.1 Å². The smallest absolute Gasteiger partial charge is 0.693 e. The van der Waals surface area contributed by atoms with Crippen molar-refractivity contribution >= 4 is 0 Å². The number of nitrogens with two attached hydrogens (primary N) is 2. The third kappa shape index (κ3) is 20.0. The van der Waals surface area contributed by atoms with Gasteiger partial charge in [0.25, 0.3) is 0 Å². The molecule has 0 bridgehead atoms. The van der Waals surface area contributed by atoms with Crippen LogP contribution in [0.3, 0.4) is 0 Å². The Labute approximate surface area is 114 Å². The van der Waals surface area contributed by atoms with Gasteiger partial charge in [-0.05, 0) is 39.3 Å². The van der Waals surface area contributed by atoms with E-state index in [-0.39, 0.29) is 25.0 Å². The molecule has 0 aliphatic heterocycles. The van der Waals surface area contributed by atoms with Crippen molar-refractivity contribution in [2.45, 2.75) is 64.8 Å². The summed E-state index contributed by atoms with van der Waals surface area (Å²) >= 11 is 0. The molecule has 0 aromatic rings. The van der Waals surface area contributed by atoms with Gasteiger partial charge in [-0.25, -0.2) is 0 Å². The van der Waals surface area contributed by atoms with Crippen molar-refractivity contribution in [2.24, 2.45) is 5.73 Å². The summed E-state index contributed by atoms with van der Waals surface area (Å²) in [6.45, 7) is 6.67. The number of hydrogen-bond acceptors (Lipinski definition) is 2. The van der Waals surface area contributed by atoms with Crippen LogP contribution in [0.5, 0.6) is 0 Å². The zero-order chi connectivity index (χ0) is 10.6. The Bertz CT molecular complexity index is 110. The largest absolute Gasteiger partial charge is 1.00 e. The molecule has 0 aromatic carbocycles. The quantitative estimate of drug-likeness (QED) is 0.415. The molecule has 5 N–H and O–H groups in total. The Morgan fingerprint density at radius 3 is 2.12 bits per heavy atom. The summed E-state index contributed by atoms with van der Waals surface area (Å²) in [5.41, 5.74) is 5.68. The molecule has 0 spiro atoms. The van der Waals surface area contributed by atoms with Crippen molar-refractivity contribution < 1.29 is 18.9 Å². The van der Waals surface area contributed by atoms with E-state index in [2.05, 4.69) is 19.2 Å². The first kappa shape index (κ1) is 21.7. The molecule has 0 heterocycles. The van der Waals surface area contributed by atoms with Gasteiger partial charge in [0.05, 0.1) is 0 Å². The molecule has 0 rings (SSSR count). The Morgan fingerprint density at radius 2 is 1.56 bits per heavy atom. The Morgan fingerprint density at radius 1 is 1.00 bits per heavy atom. The monoisotopic (exact) mass is 223 g/mol. The van der Waals surface area contributed by atoms with E-state index < -0.39 is 0 Å². The van der Waals surface area contributed by atoms with Gasteiger partial charge in [-0.3, -0.25) is 0 Å². The second-order valence-corrected chi connectivity index (χ2v) is 4.28. The average molecular weight is 223 g/mol. The minimum atomic E-state index is 0. The molecule has 0 fully saturated rings. The maximum atomic E-state index is 5.68. The molecule has 4 heteroatoms. The van der Waals surface area contributed by atoms with Crippen molar-refractivity contribution in [3.05, 3.63) is 6.15 Å². The average Bonchev–Trinajstić information content (AvgIpc) is 2.15. The number of rotatable bonds is 10. The second kappa shape index (κ2) is 17.9. The predicted molar refractivity (Wildman–Crippen MR) is 69.8 cm³/mol. The Kier molecular flexibility index (Phi) is 24.3. The van der Waals surface area contributed by atoms with Gasteiger partial charge in [-0.15, -0.1) is 0 Å².